The van der Waals surface area contributed by atoms with Crippen LogP contribution in [0, 0.1) is 0 Å². The van der Waals surface area contributed by atoms with Crippen molar-refractivity contribution in [2.45, 2.75) is 5.16 Å². The molecule has 0 atom stereocenters. The lowest BCUT2D eigenvalue weighted by Gasteiger charge is -2.00. The molecule has 0 aliphatic rings. The van der Waals surface area contributed by atoms with Crippen LogP contribution in [-0.2, 0) is 19.7 Å². The Kier molecular flexibility index (Phi) is 1.99. The van der Waals surface area contributed by atoms with E-state index in [-0.39, 0.29) is 0 Å². The Bertz CT molecular complexity index is 707. The highest BCUT2D eigenvalue weighted by Crippen LogP contribution is 2.15. The summed E-state index contributed by atoms with van der Waals surface area (Å²) < 4.78 is 3.59. The second kappa shape index (κ2) is 3.26. The molecule has 0 amide bonds. The molecule has 1 aromatic carbocycles. The zero-order chi connectivity index (χ0) is 11.3. The summed E-state index contributed by atoms with van der Waals surface area (Å²) in [5, 5.41) is 5.37. The minimum Gasteiger partial charge on any atom is -0.702 e. The minimum atomic E-state index is 0.521. The summed E-state index contributed by atoms with van der Waals surface area (Å²) in [7, 11) is 1.84. The fraction of sp³-hybridized carbons (Fsp3) is 0.100. The smallest absolute Gasteiger partial charge is 0.282 e. The molecule has 0 radical (unpaired) electrons. The summed E-state index contributed by atoms with van der Waals surface area (Å²) in [6.07, 6.45) is 1.74. The van der Waals surface area contributed by atoms with Gasteiger partial charge in [-0.1, -0.05) is 11.6 Å². The van der Waals surface area contributed by atoms with Gasteiger partial charge in [0.15, 0.2) is 5.16 Å². The topological polar surface area (TPSA) is 34.8 Å². The fourth-order valence-corrected chi connectivity index (χ4v) is 2.23. The first-order valence-corrected chi connectivity index (χ1v) is 5.45. The van der Waals surface area contributed by atoms with Crippen LogP contribution in [0.1, 0.15) is 0 Å². The van der Waals surface area contributed by atoms with Crippen molar-refractivity contribution in [1.29, 1.82) is 0 Å². The number of fused-ring (bicyclic) bond motifs is 3. The molecular weight excluding hydrogens is 244 g/mol. The molecule has 0 spiro atoms. The van der Waals surface area contributed by atoms with Crippen LogP contribution in [0.25, 0.3) is 16.7 Å². The predicted octanol–water partition coefficient (Wildman–Crippen LogP) is 1.27. The molecule has 3 aromatic rings. The standard InChI is InChI=1S/C10H7ClN4S/c1-14-9-5-12-7-4-6(11)2-3-8(7)15(9)10(16)13-14/h2-5H,1H3. The molecule has 0 aliphatic heterocycles. The first-order valence-electron chi connectivity index (χ1n) is 4.67. The highest BCUT2D eigenvalue weighted by atomic mass is 35.5. The van der Waals surface area contributed by atoms with Crippen LogP contribution < -0.4 is 4.40 Å². The Morgan fingerprint density at radius 3 is 3.06 bits per heavy atom. The molecule has 0 fully saturated rings. The number of hydrogen-bond acceptors (Lipinski definition) is 3. The number of benzene rings is 1. The van der Waals surface area contributed by atoms with Gasteiger partial charge in [0.2, 0.25) is 0 Å². The van der Waals surface area contributed by atoms with E-state index in [9.17, 15) is 0 Å². The van der Waals surface area contributed by atoms with Gasteiger partial charge in [0.05, 0.1) is 7.05 Å². The molecule has 80 valence electrons. The average molecular weight is 251 g/mol. The monoisotopic (exact) mass is 250 g/mol. The van der Waals surface area contributed by atoms with Crippen LogP contribution in [0.15, 0.2) is 29.6 Å². The van der Waals surface area contributed by atoms with Gasteiger partial charge in [0.1, 0.15) is 17.2 Å². The zero-order valence-corrected chi connectivity index (χ0v) is 9.96. The maximum absolute atomic E-state index is 5.92. The fourth-order valence-electron chi connectivity index (χ4n) is 1.75. The SMILES string of the molecule is Cn1nc([S-])[n+]2c3ccc(Cl)cc3ncc12. The van der Waals surface area contributed by atoms with E-state index in [1.54, 1.807) is 10.9 Å². The summed E-state index contributed by atoms with van der Waals surface area (Å²) in [5.41, 5.74) is 2.59. The molecule has 0 aliphatic carbocycles. The lowest BCUT2D eigenvalue weighted by Crippen LogP contribution is -2.24. The maximum atomic E-state index is 5.92. The molecule has 4 nitrogen and oxygen atoms in total. The summed E-state index contributed by atoms with van der Waals surface area (Å²) in [6.45, 7) is 0. The maximum Gasteiger partial charge on any atom is 0.282 e. The molecule has 3 rings (SSSR count). The minimum absolute atomic E-state index is 0.521. The summed E-state index contributed by atoms with van der Waals surface area (Å²) >= 11 is 11.1. The van der Waals surface area contributed by atoms with Gasteiger partial charge in [-0.15, -0.1) is 4.68 Å². The summed E-state index contributed by atoms with van der Waals surface area (Å²) in [4.78, 5) is 4.33. The van der Waals surface area contributed by atoms with E-state index in [0.29, 0.717) is 10.2 Å². The summed E-state index contributed by atoms with van der Waals surface area (Å²) in [5.74, 6) is 0. The molecule has 2 aromatic heterocycles. The number of hydrogen-bond donors (Lipinski definition) is 0. The van der Waals surface area contributed by atoms with Crippen LogP contribution in [0.3, 0.4) is 0 Å². The van der Waals surface area contributed by atoms with Crippen molar-refractivity contribution in [2.24, 2.45) is 7.05 Å². The number of aromatic nitrogens is 4. The number of halogens is 1. The van der Waals surface area contributed by atoms with Crippen LogP contribution in [0.2, 0.25) is 5.02 Å². The lowest BCUT2D eigenvalue weighted by atomic mass is 10.3. The first-order chi connectivity index (χ1) is 7.66. The molecule has 16 heavy (non-hydrogen) atoms. The van der Waals surface area contributed by atoms with E-state index in [2.05, 4.69) is 10.1 Å². The molecule has 2 heterocycles. The van der Waals surface area contributed by atoms with Gasteiger partial charge >= 0.3 is 0 Å². The van der Waals surface area contributed by atoms with Crippen LogP contribution in [0.5, 0.6) is 0 Å². The van der Waals surface area contributed by atoms with Gasteiger partial charge in [0, 0.05) is 10.1 Å². The van der Waals surface area contributed by atoms with Gasteiger partial charge < -0.3 is 12.6 Å². The van der Waals surface area contributed by atoms with Crippen molar-refractivity contribution < 1.29 is 4.40 Å². The van der Waals surface area contributed by atoms with Crippen molar-refractivity contribution >= 4 is 40.9 Å². The van der Waals surface area contributed by atoms with Gasteiger partial charge in [-0.3, -0.25) is 0 Å². The van der Waals surface area contributed by atoms with E-state index in [0.717, 1.165) is 16.7 Å². The number of nitrogens with zero attached hydrogens (tertiary/aromatic N) is 4. The Morgan fingerprint density at radius 2 is 2.25 bits per heavy atom. The molecule has 6 heteroatoms. The van der Waals surface area contributed by atoms with Crippen molar-refractivity contribution in [3.63, 3.8) is 0 Å². The Hall–Kier alpha value is -1.46. The van der Waals surface area contributed by atoms with Crippen molar-refractivity contribution in [2.75, 3.05) is 0 Å². The Balaban J connectivity index is 2.58. The van der Waals surface area contributed by atoms with E-state index in [1.807, 2.05) is 29.6 Å². The van der Waals surface area contributed by atoms with Crippen molar-refractivity contribution in [1.82, 2.24) is 14.8 Å². The summed E-state index contributed by atoms with van der Waals surface area (Å²) in [6, 6.07) is 5.53. The van der Waals surface area contributed by atoms with Crippen LogP contribution in [-0.4, -0.2) is 14.8 Å². The molecule has 0 saturated heterocycles. The van der Waals surface area contributed by atoms with E-state index in [4.69, 9.17) is 24.2 Å². The quantitative estimate of drug-likeness (QED) is 0.445. The first kappa shape index (κ1) is 9.74. The lowest BCUT2D eigenvalue weighted by molar-refractivity contribution is -0.527. The Labute approximate surface area is 102 Å². The predicted molar refractivity (Wildman–Crippen MR) is 62.3 cm³/mol. The molecule has 0 unspecified atom stereocenters. The molecular formula is C10H7ClN4S. The second-order valence-corrected chi connectivity index (χ2v) is 4.29. The number of aryl methyl sites for hydroxylation is 1. The van der Waals surface area contributed by atoms with E-state index >= 15 is 0 Å². The third-order valence-electron chi connectivity index (χ3n) is 2.48. The largest absolute Gasteiger partial charge is 0.702 e. The van der Waals surface area contributed by atoms with Crippen LogP contribution >= 0.6 is 11.6 Å². The normalized spacial score (nSPS) is 11.4. The van der Waals surface area contributed by atoms with Crippen LogP contribution in [0.4, 0.5) is 0 Å². The molecule has 0 N–H and O–H groups in total. The average Bonchev–Trinajstić information content (AvgIpc) is 2.54. The van der Waals surface area contributed by atoms with E-state index in [1.165, 1.54) is 0 Å². The number of rotatable bonds is 0. The van der Waals surface area contributed by atoms with Gasteiger partial charge in [0.25, 0.3) is 5.65 Å². The van der Waals surface area contributed by atoms with Gasteiger partial charge in [-0.25, -0.2) is 9.38 Å². The highest BCUT2D eigenvalue weighted by molar-refractivity contribution is 7.58. The Morgan fingerprint density at radius 1 is 1.44 bits per heavy atom. The van der Waals surface area contributed by atoms with Crippen molar-refractivity contribution in [3.8, 4) is 0 Å². The van der Waals surface area contributed by atoms with E-state index < -0.39 is 0 Å². The third-order valence-corrected chi connectivity index (χ3v) is 2.98. The van der Waals surface area contributed by atoms with Gasteiger partial charge in [-0.05, 0) is 18.2 Å². The molecule has 0 saturated carbocycles. The second-order valence-electron chi connectivity index (χ2n) is 3.49. The van der Waals surface area contributed by atoms with Gasteiger partial charge in [-0.2, -0.15) is 0 Å². The zero-order valence-electron chi connectivity index (χ0n) is 8.38. The van der Waals surface area contributed by atoms with Crippen molar-refractivity contribution in [3.05, 3.63) is 29.4 Å². The molecule has 0 bridgehead atoms. The highest BCUT2D eigenvalue weighted by Gasteiger charge is 2.12. The third kappa shape index (κ3) is 1.25.